The van der Waals surface area contributed by atoms with E-state index in [1.165, 1.54) is 16.7 Å². The third kappa shape index (κ3) is 3.41. The first-order valence-electron chi connectivity index (χ1n) is 10.3. The Hall–Kier alpha value is -3.43. The fourth-order valence-electron chi connectivity index (χ4n) is 4.30. The molecule has 0 spiro atoms. The van der Waals surface area contributed by atoms with E-state index >= 15 is 0 Å². The molecule has 0 atom stereocenters. The van der Waals surface area contributed by atoms with E-state index in [0.717, 1.165) is 15.7 Å². The maximum absolute atomic E-state index is 4.82. The second kappa shape index (κ2) is 8.37. The minimum absolute atomic E-state index is 0.545. The molecule has 5 aromatic rings. The fraction of sp³-hybridized carbons (Fsp3) is 0.0357. The third-order valence-electron chi connectivity index (χ3n) is 5.69. The van der Waals surface area contributed by atoms with Crippen molar-refractivity contribution in [2.24, 2.45) is 0 Å². The Morgan fingerprint density at radius 3 is 1.52 bits per heavy atom. The molecule has 0 fully saturated rings. The van der Waals surface area contributed by atoms with Gasteiger partial charge in [0.05, 0.1) is 12.0 Å². The highest BCUT2D eigenvalue weighted by Crippen LogP contribution is 2.41. The summed E-state index contributed by atoms with van der Waals surface area (Å²) in [4.78, 5) is 4.82. The first-order valence-corrected chi connectivity index (χ1v) is 11.1. The number of benzene rings is 4. The van der Waals surface area contributed by atoms with E-state index in [4.69, 9.17) is 4.98 Å². The second-order valence-corrected chi connectivity index (χ2v) is 8.31. The molecule has 0 aliphatic carbocycles. The monoisotopic (exact) mass is 464 g/mol. The smallest absolute Gasteiger partial charge is 0.121 e. The van der Waals surface area contributed by atoms with E-state index in [1.807, 2.05) is 24.5 Å². The quantitative estimate of drug-likeness (QED) is 0.252. The number of aromatic nitrogens is 2. The molecule has 2 nitrogen and oxygen atoms in total. The van der Waals surface area contributed by atoms with Gasteiger partial charge in [0.1, 0.15) is 5.54 Å². The maximum atomic E-state index is 4.82. The molecule has 0 N–H and O–H groups in total. The summed E-state index contributed by atoms with van der Waals surface area (Å²) in [7, 11) is 0. The molecule has 3 heteroatoms. The molecule has 150 valence electrons. The minimum atomic E-state index is -0.545. The van der Waals surface area contributed by atoms with Crippen molar-refractivity contribution in [3.8, 4) is 11.3 Å². The van der Waals surface area contributed by atoms with Crippen LogP contribution in [0.2, 0.25) is 0 Å². The Kier molecular flexibility index (Phi) is 5.27. The molecular weight excluding hydrogens is 444 g/mol. The van der Waals surface area contributed by atoms with Crippen LogP contribution >= 0.6 is 15.9 Å². The molecule has 0 bridgehead atoms. The van der Waals surface area contributed by atoms with Crippen LogP contribution in [0.15, 0.2) is 132 Å². The van der Waals surface area contributed by atoms with Crippen LogP contribution < -0.4 is 0 Å². The van der Waals surface area contributed by atoms with Gasteiger partial charge in [0, 0.05) is 16.2 Å². The van der Waals surface area contributed by atoms with Crippen molar-refractivity contribution in [2.75, 3.05) is 0 Å². The second-order valence-electron chi connectivity index (χ2n) is 7.45. The molecule has 1 heterocycles. The number of rotatable bonds is 5. The average Bonchev–Trinajstić information content (AvgIpc) is 3.32. The Bertz CT molecular complexity index is 1180. The lowest BCUT2D eigenvalue weighted by molar-refractivity contribution is 0.515. The zero-order valence-corrected chi connectivity index (χ0v) is 18.5. The molecular formula is C28H21BrN2. The Labute approximate surface area is 191 Å². The minimum Gasteiger partial charge on any atom is -0.318 e. The van der Waals surface area contributed by atoms with Crippen LogP contribution in [0.5, 0.6) is 0 Å². The van der Waals surface area contributed by atoms with E-state index in [9.17, 15) is 0 Å². The summed E-state index contributed by atoms with van der Waals surface area (Å²) < 4.78 is 3.27. The number of halogens is 1. The van der Waals surface area contributed by atoms with Gasteiger partial charge >= 0.3 is 0 Å². The molecule has 0 saturated carbocycles. The normalized spacial score (nSPS) is 11.4. The van der Waals surface area contributed by atoms with Crippen LogP contribution in [0.4, 0.5) is 0 Å². The lowest BCUT2D eigenvalue weighted by Gasteiger charge is -2.37. The summed E-state index contributed by atoms with van der Waals surface area (Å²) >= 11 is 3.68. The molecule has 0 aliphatic rings. The predicted molar refractivity (Wildman–Crippen MR) is 130 cm³/mol. The highest BCUT2D eigenvalue weighted by molar-refractivity contribution is 9.10. The molecule has 0 amide bonds. The summed E-state index contributed by atoms with van der Waals surface area (Å²) in [5.41, 5.74) is 5.01. The molecule has 0 saturated heterocycles. The SMILES string of the molecule is Brc1ccccc1-c1cn(C(c2ccccc2)(c2ccccc2)c2ccccc2)cn1. The van der Waals surface area contributed by atoms with Crippen LogP contribution in [0.3, 0.4) is 0 Å². The zero-order valence-electron chi connectivity index (χ0n) is 16.9. The topological polar surface area (TPSA) is 17.8 Å². The van der Waals surface area contributed by atoms with Gasteiger partial charge in [0.15, 0.2) is 0 Å². The van der Waals surface area contributed by atoms with E-state index < -0.39 is 5.54 Å². The van der Waals surface area contributed by atoms with Gasteiger partial charge in [-0.05, 0) is 22.8 Å². The third-order valence-corrected chi connectivity index (χ3v) is 6.39. The molecule has 0 radical (unpaired) electrons. The van der Waals surface area contributed by atoms with Gasteiger partial charge in [0.25, 0.3) is 0 Å². The zero-order chi connectivity index (χ0) is 21.1. The predicted octanol–water partition coefficient (Wildman–Crippen LogP) is 7.15. The van der Waals surface area contributed by atoms with Gasteiger partial charge < -0.3 is 4.57 Å². The first-order chi connectivity index (χ1) is 15.3. The van der Waals surface area contributed by atoms with E-state index in [1.54, 1.807) is 0 Å². The first kappa shape index (κ1) is 19.5. The highest BCUT2D eigenvalue weighted by atomic mass is 79.9. The average molecular weight is 465 g/mol. The van der Waals surface area contributed by atoms with Gasteiger partial charge in [0.2, 0.25) is 0 Å². The summed E-state index contributed by atoms with van der Waals surface area (Å²) in [6, 6.07) is 40.1. The van der Waals surface area contributed by atoms with Crippen LogP contribution in [0.1, 0.15) is 16.7 Å². The van der Waals surface area contributed by atoms with Crippen LogP contribution in [0.25, 0.3) is 11.3 Å². The lowest BCUT2D eigenvalue weighted by atomic mass is 9.77. The number of hydrogen-bond acceptors (Lipinski definition) is 1. The molecule has 1 aromatic heterocycles. The van der Waals surface area contributed by atoms with E-state index in [-0.39, 0.29) is 0 Å². The molecule has 31 heavy (non-hydrogen) atoms. The summed E-state index contributed by atoms with van der Waals surface area (Å²) in [6.07, 6.45) is 4.09. The van der Waals surface area contributed by atoms with Crippen LogP contribution in [-0.4, -0.2) is 9.55 Å². The molecule has 4 aromatic carbocycles. The Morgan fingerprint density at radius 1 is 0.581 bits per heavy atom. The number of nitrogens with zero attached hydrogens (tertiary/aromatic N) is 2. The number of hydrogen-bond donors (Lipinski definition) is 0. The number of imidazole rings is 1. The van der Waals surface area contributed by atoms with Crippen molar-refractivity contribution in [3.05, 3.63) is 149 Å². The van der Waals surface area contributed by atoms with Gasteiger partial charge in [-0.3, -0.25) is 0 Å². The van der Waals surface area contributed by atoms with E-state index in [2.05, 4.69) is 124 Å². The molecule has 0 aliphatic heterocycles. The van der Waals surface area contributed by atoms with Gasteiger partial charge in [-0.25, -0.2) is 4.98 Å². The lowest BCUT2D eigenvalue weighted by Crippen LogP contribution is -2.36. The van der Waals surface area contributed by atoms with Gasteiger partial charge in [-0.2, -0.15) is 0 Å². The molecule has 0 unspecified atom stereocenters. The van der Waals surface area contributed by atoms with Crippen molar-refractivity contribution in [3.63, 3.8) is 0 Å². The Morgan fingerprint density at radius 2 is 1.03 bits per heavy atom. The highest BCUT2D eigenvalue weighted by Gasteiger charge is 2.38. The van der Waals surface area contributed by atoms with Gasteiger partial charge in [-0.15, -0.1) is 0 Å². The maximum Gasteiger partial charge on any atom is 0.121 e. The van der Waals surface area contributed by atoms with Crippen molar-refractivity contribution in [1.29, 1.82) is 0 Å². The van der Waals surface area contributed by atoms with Crippen LogP contribution in [0, 0.1) is 0 Å². The summed E-state index contributed by atoms with van der Waals surface area (Å²) in [6.45, 7) is 0. The van der Waals surface area contributed by atoms with E-state index in [0.29, 0.717) is 0 Å². The summed E-state index contributed by atoms with van der Waals surface area (Å²) in [5.74, 6) is 0. The summed E-state index contributed by atoms with van der Waals surface area (Å²) in [5, 5.41) is 0. The van der Waals surface area contributed by atoms with Crippen molar-refractivity contribution in [1.82, 2.24) is 9.55 Å². The van der Waals surface area contributed by atoms with Crippen molar-refractivity contribution in [2.45, 2.75) is 5.54 Å². The standard InChI is InChI=1S/C28H21BrN2/c29-26-19-11-10-18-25(26)27-20-31(21-30-27)28(22-12-4-1-5-13-22,23-14-6-2-7-15-23)24-16-8-3-9-17-24/h1-21H. The largest absolute Gasteiger partial charge is 0.318 e. The van der Waals surface area contributed by atoms with Gasteiger partial charge in [-0.1, -0.05) is 125 Å². The van der Waals surface area contributed by atoms with Crippen molar-refractivity contribution < 1.29 is 0 Å². The van der Waals surface area contributed by atoms with Crippen molar-refractivity contribution >= 4 is 15.9 Å². The Balaban J connectivity index is 1.83. The fourth-order valence-corrected chi connectivity index (χ4v) is 4.79. The van der Waals surface area contributed by atoms with Crippen LogP contribution in [-0.2, 0) is 5.54 Å². The molecule has 5 rings (SSSR count).